The molecular weight excluding hydrogens is 342 g/mol. The Labute approximate surface area is 162 Å². The van der Waals surface area contributed by atoms with Crippen molar-refractivity contribution in [1.29, 1.82) is 0 Å². The van der Waals surface area contributed by atoms with Crippen LogP contribution >= 0.6 is 0 Å². The Bertz CT molecular complexity index is 661. The molecule has 0 atom stereocenters. The number of amides is 1. The second-order valence-corrected chi connectivity index (χ2v) is 7.71. The number of ether oxygens (including phenoxy) is 1. The Kier molecular flexibility index (Phi) is 6.90. The normalized spacial score (nSPS) is 20.3. The van der Waals surface area contributed by atoms with Crippen LogP contribution in [0.2, 0.25) is 0 Å². The number of rotatable bonds is 6. The molecule has 2 aliphatic rings. The van der Waals surface area contributed by atoms with Gasteiger partial charge in [0.25, 0.3) is 0 Å². The van der Waals surface area contributed by atoms with Crippen LogP contribution in [0.15, 0.2) is 12.0 Å². The van der Waals surface area contributed by atoms with Gasteiger partial charge in [-0.3, -0.25) is 9.69 Å². The van der Waals surface area contributed by atoms with E-state index >= 15 is 0 Å². The van der Waals surface area contributed by atoms with Crippen molar-refractivity contribution < 1.29 is 9.53 Å². The molecule has 0 radical (unpaired) electrons. The van der Waals surface area contributed by atoms with Crippen LogP contribution in [0.25, 0.3) is 6.08 Å². The summed E-state index contributed by atoms with van der Waals surface area (Å²) < 4.78 is 7.71. The number of imidazole rings is 1. The Morgan fingerprint density at radius 2 is 2.07 bits per heavy atom. The number of aromatic nitrogens is 2. The van der Waals surface area contributed by atoms with E-state index in [1.54, 1.807) is 6.92 Å². The molecule has 0 saturated carbocycles. The van der Waals surface area contributed by atoms with Gasteiger partial charge in [0, 0.05) is 57.6 Å². The summed E-state index contributed by atoms with van der Waals surface area (Å²) >= 11 is 0. The lowest BCUT2D eigenvalue weighted by Crippen LogP contribution is -2.44. The average Bonchev–Trinajstić information content (AvgIpc) is 3.05. The number of nitrogens with one attached hydrogen (secondary N) is 1. The molecule has 0 bridgehead atoms. The van der Waals surface area contributed by atoms with Gasteiger partial charge in [-0.2, -0.15) is 0 Å². The molecule has 2 fully saturated rings. The van der Waals surface area contributed by atoms with E-state index in [4.69, 9.17) is 4.74 Å². The first-order valence-electron chi connectivity index (χ1n) is 10.1. The number of piperazine rings is 1. The predicted molar refractivity (Wildman–Crippen MR) is 106 cm³/mol. The Morgan fingerprint density at radius 3 is 2.78 bits per heavy atom. The maximum absolute atomic E-state index is 11.7. The van der Waals surface area contributed by atoms with Crippen LogP contribution in [-0.2, 0) is 16.1 Å². The number of hydrogen-bond donors (Lipinski definition) is 1. The minimum atomic E-state index is 0.125. The van der Waals surface area contributed by atoms with Gasteiger partial charge in [-0.15, -0.1) is 0 Å². The largest absolute Gasteiger partial charge is 0.385 e. The molecule has 3 rings (SSSR count). The van der Waals surface area contributed by atoms with Crippen LogP contribution in [0.3, 0.4) is 0 Å². The quantitative estimate of drug-likeness (QED) is 0.817. The van der Waals surface area contributed by atoms with Crippen LogP contribution in [0, 0.1) is 0 Å². The molecule has 0 aliphatic carbocycles. The van der Waals surface area contributed by atoms with E-state index in [1.165, 1.54) is 5.69 Å². The molecular formula is C20H33N5O2. The van der Waals surface area contributed by atoms with Gasteiger partial charge in [0.05, 0.1) is 31.8 Å². The molecule has 2 aliphatic heterocycles. The molecule has 0 aromatic carbocycles. The third-order valence-corrected chi connectivity index (χ3v) is 5.28. The van der Waals surface area contributed by atoms with Gasteiger partial charge >= 0.3 is 0 Å². The molecule has 0 spiro atoms. The topological polar surface area (TPSA) is 62.6 Å². The first-order valence-corrected chi connectivity index (χ1v) is 10.1. The van der Waals surface area contributed by atoms with Gasteiger partial charge in [-0.05, 0) is 18.4 Å². The molecule has 7 nitrogen and oxygen atoms in total. The third-order valence-electron chi connectivity index (χ3n) is 5.28. The fourth-order valence-corrected chi connectivity index (χ4v) is 3.84. The average molecular weight is 376 g/mol. The van der Waals surface area contributed by atoms with Crippen molar-refractivity contribution in [2.24, 2.45) is 0 Å². The first kappa shape index (κ1) is 19.9. The van der Waals surface area contributed by atoms with E-state index in [0.717, 1.165) is 70.3 Å². The van der Waals surface area contributed by atoms with Gasteiger partial charge < -0.3 is 19.5 Å². The van der Waals surface area contributed by atoms with Crippen molar-refractivity contribution in [3.8, 4) is 0 Å². The standard InChI is InChI=1S/C20H33N5O2/c1-16(2)20-19(13-18-14-24(17(3)26)8-5-21-18)22-15-25(20)7-4-6-23-9-11-27-12-10-23/h13,15-16,21H,4-12,14H2,1-3H3/b18-13-. The molecule has 2 saturated heterocycles. The lowest BCUT2D eigenvalue weighted by molar-refractivity contribution is -0.128. The van der Waals surface area contributed by atoms with E-state index in [0.29, 0.717) is 12.5 Å². The van der Waals surface area contributed by atoms with Crippen molar-refractivity contribution in [2.75, 3.05) is 52.5 Å². The van der Waals surface area contributed by atoms with Gasteiger partial charge in [0.2, 0.25) is 5.91 Å². The highest BCUT2D eigenvalue weighted by atomic mass is 16.5. The van der Waals surface area contributed by atoms with Crippen molar-refractivity contribution in [2.45, 2.75) is 39.7 Å². The van der Waals surface area contributed by atoms with Crippen molar-refractivity contribution in [3.05, 3.63) is 23.4 Å². The SMILES string of the molecule is CC(=O)N1CCN/C(=C\c2ncn(CCCN3CCOCC3)c2C(C)C)C1. The summed E-state index contributed by atoms with van der Waals surface area (Å²) in [6.45, 7) is 14.1. The van der Waals surface area contributed by atoms with Crippen LogP contribution < -0.4 is 5.32 Å². The van der Waals surface area contributed by atoms with Crippen LogP contribution in [-0.4, -0.2) is 77.7 Å². The van der Waals surface area contributed by atoms with E-state index in [9.17, 15) is 4.79 Å². The summed E-state index contributed by atoms with van der Waals surface area (Å²) in [6.07, 6.45) is 5.19. The van der Waals surface area contributed by atoms with E-state index in [-0.39, 0.29) is 5.91 Å². The summed E-state index contributed by atoms with van der Waals surface area (Å²) in [7, 11) is 0. The number of morpholine rings is 1. The zero-order valence-corrected chi connectivity index (χ0v) is 16.9. The van der Waals surface area contributed by atoms with Crippen molar-refractivity contribution >= 4 is 12.0 Å². The summed E-state index contributed by atoms with van der Waals surface area (Å²) in [5, 5.41) is 3.41. The number of nitrogens with zero attached hydrogens (tertiary/aromatic N) is 4. The predicted octanol–water partition coefficient (Wildman–Crippen LogP) is 1.52. The monoisotopic (exact) mass is 375 g/mol. The molecule has 150 valence electrons. The minimum Gasteiger partial charge on any atom is -0.385 e. The minimum absolute atomic E-state index is 0.125. The summed E-state index contributed by atoms with van der Waals surface area (Å²) in [5.41, 5.74) is 3.35. The number of carbonyl (C=O) groups excluding carboxylic acids is 1. The summed E-state index contributed by atoms with van der Waals surface area (Å²) in [4.78, 5) is 20.7. The molecule has 1 amide bonds. The zero-order chi connectivity index (χ0) is 19.2. The molecule has 1 aromatic heterocycles. The number of hydrogen-bond acceptors (Lipinski definition) is 5. The highest BCUT2D eigenvalue weighted by Crippen LogP contribution is 2.22. The van der Waals surface area contributed by atoms with E-state index in [1.807, 2.05) is 11.2 Å². The Balaban J connectivity index is 1.65. The summed E-state index contributed by atoms with van der Waals surface area (Å²) in [6, 6.07) is 0. The van der Waals surface area contributed by atoms with Gasteiger partial charge in [0.15, 0.2) is 0 Å². The molecule has 3 heterocycles. The zero-order valence-electron chi connectivity index (χ0n) is 16.9. The fraction of sp³-hybridized carbons (Fsp3) is 0.700. The van der Waals surface area contributed by atoms with E-state index in [2.05, 4.69) is 39.7 Å². The highest BCUT2D eigenvalue weighted by Gasteiger charge is 2.18. The van der Waals surface area contributed by atoms with Crippen LogP contribution in [0.4, 0.5) is 0 Å². The van der Waals surface area contributed by atoms with Crippen molar-refractivity contribution in [3.63, 3.8) is 0 Å². The Morgan fingerprint density at radius 1 is 1.30 bits per heavy atom. The van der Waals surface area contributed by atoms with Gasteiger partial charge in [-0.1, -0.05) is 13.8 Å². The maximum atomic E-state index is 11.7. The Hall–Kier alpha value is -1.86. The second-order valence-electron chi connectivity index (χ2n) is 7.71. The maximum Gasteiger partial charge on any atom is 0.219 e. The first-order chi connectivity index (χ1) is 13.0. The van der Waals surface area contributed by atoms with E-state index < -0.39 is 0 Å². The van der Waals surface area contributed by atoms with Gasteiger partial charge in [-0.25, -0.2) is 4.98 Å². The number of carbonyl (C=O) groups is 1. The number of aryl methyl sites for hydroxylation is 1. The molecule has 0 unspecified atom stereocenters. The van der Waals surface area contributed by atoms with Crippen LogP contribution in [0.5, 0.6) is 0 Å². The van der Waals surface area contributed by atoms with Crippen molar-refractivity contribution in [1.82, 2.24) is 24.7 Å². The third kappa shape index (κ3) is 5.32. The highest BCUT2D eigenvalue weighted by molar-refractivity contribution is 5.74. The smallest absolute Gasteiger partial charge is 0.219 e. The summed E-state index contributed by atoms with van der Waals surface area (Å²) in [5.74, 6) is 0.523. The lowest BCUT2D eigenvalue weighted by atomic mass is 10.1. The molecule has 27 heavy (non-hydrogen) atoms. The molecule has 1 aromatic rings. The molecule has 7 heteroatoms. The van der Waals surface area contributed by atoms with Crippen LogP contribution in [0.1, 0.15) is 44.5 Å². The fourth-order valence-electron chi connectivity index (χ4n) is 3.84. The molecule has 1 N–H and O–H groups in total. The lowest BCUT2D eigenvalue weighted by Gasteiger charge is -2.29. The van der Waals surface area contributed by atoms with Gasteiger partial charge in [0.1, 0.15) is 0 Å². The second kappa shape index (κ2) is 9.37.